The second-order valence-corrected chi connectivity index (χ2v) is 3.84. The van der Waals surface area contributed by atoms with Crippen LogP contribution in [0.4, 0.5) is 11.4 Å². The van der Waals surface area contributed by atoms with Crippen LogP contribution in [0, 0.1) is 20.2 Å². The summed E-state index contributed by atoms with van der Waals surface area (Å²) in [6.45, 7) is 0. The molecule has 0 aliphatic carbocycles. The molecule has 1 heterocycles. The Morgan fingerprint density at radius 2 is 1.82 bits per heavy atom. The average Bonchev–Trinajstić information content (AvgIpc) is 2.59. The third-order valence-electron chi connectivity index (χ3n) is 1.93. The third kappa shape index (κ3) is 1.59. The van der Waals surface area contributed by atoms with E-state index in [-0.39, 0.29) is 4.70 Å². The van der Waals surface area contributed by atoms with E-state index < -0.39 is 37.5 Å². The minimum absolute atomic E-state index is 0.233. The Kier molecular flexibility index (Phi) is 2.28. The molecule has 1 N–H and O–H groups in total. The van der Waals surface area contributed by atoms with Crippen molar-refractivity contribution in [2.24, 2.45) is 0 Å². The number of nitro benzene ring substituents is 2. The van der Waals surface area contributed by atoms with Gasteiger partial charge < -0.3 is 9.52 Å². The highest BCUT2D eigenvalue weighted by Crippen LogP contribution is 2.41. The van der Waals surface area contributed by atoms with Crippen molar-refractivity contribution in [2.45, 2.75) is 0 Å². The minimum atomic E-state index is -1.00. The first-order valence-corrected chi connectivity index (χ1v) is 4.82. The number of rotatable bonds is 2. The van der Waals surface area contributed by atoms with Gasteiger partial charge in [-0.1, -0.05) is 0 Å². The summed E-state index contributed by atoms with van der Waals surface area (Å²) in [7, 11) is 0. The first-order valence-electron chi connectivity index (χ1n) is 4.00. The second kappa shape index (κ2) is 3.52. The summed E-state index contributed by atoms with van der Waals surface area (Å²) >= 11 is 0.395. The Hall–Kier alpha value is -2.49. The van der Waals surface area contributed by atoms with E-state index in [0.29, 0.717) is 17.4 Å². The zero-order valence-electron chi connectivity index (χ0n) is 7.78. The van der Waals surface area contributed by atoms with Crippen molar-refractivity contribution in [3.63, 3.8) is 0 Å². The maximum atomic E-state index is 10.9. The van der Waals surface area contributed by atoms with Crippen LogP contribution in [0.1, 0.15) is 0 Å². The highest BCUT2D eigenvalue weighted by atomic mass is 32.1. The molecule has 9 nitrogen and oxygen atoms in total. The van der Waals surface area contributed by atoms with Gasteiger partial charge in [0.1, 0.15) is 0 Å². The summed E-state index contributed by atoms with van der Waals surface area (Å²) in [6, 6.07) is 0.586. The van der Waals surface area contributed by atoms with Gasteiger partial charge in [0.15, 0.2) is 4.70 Å². The van der Waals surface area contributed by atoms with Crippen LogP contribution in [-0.4, -0.2) is 15.0 Å². The van der Waals surface area contributed by atoms with Gasteiger partial charge in [-0.25, -0.2) is 4.79 Å². The predicted molar refractivity (Wildman–Crippen MR) is 55.3 cm³/mol. The molecule has 0 aliphatic heterocycles. The molecule has 0 unspecified atom stereocenters. The summed E-state index contributed by atoms with van der Waals surface area (Å²) in [4.78, 5) is 29.4. The largest absolute Gasteiger partial charge is 0.499 e. The van der Waals surface area contributed by atoms with Crippen molar-refractivity contribution in [2.75, 3.05) is 0 Å². The molecule has 88 valence electrons. The lowest BCUT2D eigenvalue weighted by Gasteiger charge is -1.97. The Morgan fingerprint density at radius 1 is 1.24 bits per heavy atom. The van der Waals surface area contributed by atoms with Gasteiger partial charge in [-0.2, -0.15) is 0 Å². The second-order valence-electron chi connectivity index (χ2n) is 2.89. The van der Waals surface area contributed by atoms with Gasteiger partial charge in [0.25, 0.3) is 5.69 Å². The lowest BCUT2D eigenvalue weighted by molar-refractivity contribution is -0.393. The van der Waals surface area contributed by atoms with Gasteiger partial charge in [0, 0.05) is 0 Å². The van der Waals surface area contributed by atoms with Crippen LogP contribution in [0.25, 0.3) is 10.3 Å². The number of nitrogens with zero attached hydrogens (tertiary/aromatic N) is 2. The molecule has 2 rings (SSSR count). The molecular weight excluding hydrogens is 256 g/mol. The molecule has 1 aromatic carbocycles. The molecule has 17 heavy (non-hydrogen) atoms. The zero-order valence-corrected chi connectivity index (χ0v) is 8.59. The maximum Gasteiger partial charge on any atom is 0.396 e. The van der Waals surface area contributed by atoms with Crippen LogP contribution < -0.4 is 4.94 Å². The molecule has 2 aromatic rings. The van der Waals surface area contributed by atoms with Crippen LogP contribution in [0.15, 0.2) is 15.3 Å². The van der Waals surface area contributed by atoms with Crippen LogP contribution >= 0.6 is 11.3 Å². The third-order valence-corrected chi connectivity index (χ3v) is 2.78. The summed E-state index contributed by atoms with van der Waals surface area (Å²) in [5.41, 5.74) is -2.08. The molecule has 1 aromatic heterocycles. The fourth-order valence-electron chi connectivity index (χ4n) is 1.26. The van der Waals surface area contributed by atoms with Crippen molar-refractivity contribution in [3.05, 3.63) is 36.0 Å². The van der Waals surface area contributed by atoms with Gasteiger partial charge in [-0.3, -0.25) is 20.2 Å². The fraction of sp³-hybridized carbons (Fsp3) is 0. The van der Waals surface area contributed by atoms with E-state index in [1.54, 1.807) is 0 Å². The van der Waals surface area contributed by atoms with E-state index in [1.165, 1.54) is 0 Å². The smallest absolute Gasteiger partial charge is 0.396 e. The van der Waals surface area contributed by atoms with Crippen LogP contribution in [0.2, 0.25) is 0 Å². The van der Waals surface area contributed by atoms with E-state index >= 15 is 0 Å². The number of hydrogen-bond acceptors (Lipinski definition) is 8. The number of aromatic hydroxyl groups is 1. The van der Waals surface area contributed by atoms with E-state index in [9.17, 15) is 30.1 Å². The van der Waals surface area contributed by atoms with Gasteiger partial charge >= 0.3 is 10.6 Å². The molecule has 0 atom stereocenters. The van der Waals surface area contributed by atoms with E-state index in [1.807, 2.05) is 0 Å². The number of non-ortho nitro benzene ring substituents is 1. The Labute approximate surface area is 94.8 Å². The quantitative estimate of drug-likeness (QED) is 0.634. The highest BCUT2D eigenvalue weighted by molar-refractivity contribution is 7.16. The lowest BCUT2D eigenvalue weighted by atomic mass is 10.2. The topological polar surface area (TPSA) is 137 Å². The van der Waals surface area contributed by atoms with Crippen LogP contribution in [0.5, 0.6) is 5.75 Å². The number of hydrogen-bond donors (Lipinski definition) is 1. The number of benzene rings is 1. The zero-order chi connectivity index (χ0) is 12.7. The van der Waals surface area contributed by atoms with Crippen molar-refractivity contribution in [1.29, 1.82) is 0 Å². The molecular formula is C7H2N2O7S. The fourth-order valence-corrected chi connectivity index (χ4v) is 2.02. The molecule has 0 amide bonds. The molecule has 0 spiro atoms. The Bertz CT molecular complexity index is 700. The predicted octanol–water partition coefficient (Wildman–Crippen LogP) is 1.38. The normalized spacial score (nSPS) is 10.6. The molecule has 0 radical (unpaired) electrons. The number of nitro groups is 2. The summed E-state index contributed by atoms with van der Waals surface area (Å²) in [5.74, 6) is -0.894. The maximum absolute atomic E-state index is 10.9. The number of phenolic OH excluding ortho intramolecular Hbond substituents is 1. The minimum Gasteiger partial charge on any atom is -0.499 e. The summed E-state index contributed by atoms with van der Waals surface area (Å²) in [6.07, 6.45) is 0. The molecule has 0 saturated heterocycles. The number of phenols is 1. The van der Waals surface area contributed by atoms with Crippen LogP contribution in [0.3, 0.4) is 0 Å². The van der Waals surface area contributed by atoms with Crippen molar-refractivity contribution < 1.29 is 19.4 Å². The van der Waals surface area contributed by atoms with E-state index in [4.69, 9.17) is 0 Å². The Morgan fingerprint density at radius 3 is 2.35 bits per heavy atom. The summed E-state index contributed by atoms with van der Waals surface area (Å²) in [5, 5.41) is 30.7. The first kappa shape index (κ1) is 11.0. The van der Waals surface area contributed by atoms with Crippen molar-refractivity contribution in [1.82, 2.24) is 0 Å². The first-order chi connectivity index (χ1) is 7.91. The lowest BCUT2D eigenvalue weighted by Crippen LogP contribution is -1.93. The molecule has 0 bridgehead atoms. The summed E-state index contributed by atoms with van der Waals surface area (Å²) < 4.78 is 4.25. The van der Waals surface area contributed by atoms with Gasteiger partial charge in [-0.05, 0) is 11.3 Å². The molecule has 0 saturated carbocycles. The molecule has 10 heteroatoms. The van der Waals surface area contributed by atoms with Gasteiger partial charge in [0.05, 0.1) is 15.9 Å². The van der Waals surface area contributed by atoms with Crippen molar-refractivity contribution >= 4 is 33.0 Å². The Balaban J connectivity index is 2.99. The molecule has 0 aliphatic rings. The van der Waals surface area contributed by atoms with Crippen molar-refractivity contribution in [3.8, 4) is 5.75 Å². The number of fused-ring (bicyclic) bond motifs is 1. The van der Waals surface area contributed by atoms with Gasteiger partial charge in [-0.15, -0.1) is 0 Å². The van der Waals surface area contributed by atoms with Crippen LogP contribution in [-0.2, 0) is 0 Å². The van der Waals surface area contributed by atoms with Gasteiger partial charge in [0.2, 0.25) is 11.3 Å². The SMILES string of the molecule is O=c1oc2c(O)c([N+](=O)[O-])cc([N+](=O)[O-])c2s1. The highest BCUT2D eigenvalue weighted by Gasteiger charge is 2.29. The van der Waals surface area contributed by atoms with E-state index in [0.717, 1.165) is 0 Å². The molecule has 0 fully saturated rings. The standard InChI is InChI=1S/C7H2N2O7S/c10-4-2(8(12)13)1-3(9(14)15)6-5(4)16-7(11)17-6/h1,10H. The van der Waals surface area contributed by atoms with E-state index in [2.05, 4.69) is 4.42 Å². The average molecular weight is 258 g/mol. The monoisotopic (exact) mass is 258 g/mol.